The Labute approximate surface area is 93.8 Å². The van der Waals surface area contributed by atoms with E-state index in [-0.39, 0.29) is 6.61 Å². The largest absolute Gasteiger partial charge is 0.392 e. The average molecular weight is 218 g/mol. The van der Waals surface area contributed by atoms with Crippen LogP contribution in [0.1, 0.15) is 18.2 Å². The summed E-state index contributed by atoms with van der Waals surface area (Å²) in [4.78, 5) is 5.88. The predicted octanol–water partition coefficient (Wildman–Crippen LogP) is 1.16. The van der Waals surface area contributed by atoms with Crippen LogP contribution in [-0.2, 0) is 13.2 Å². The van der Waals surface area contributed by atoms with Crippen molar-refractivity contribution in [3.63, 3.8) is 0 Å². The third kappa shape index (κ3) is 1.94. The van der Waals surface area contributed by atoms with E-state index in [0.717, 1.165) is 29.2 Å². The maximum atomic E-state index is 9.06. The van der Waals surface area contributed by atoms with E-state index in [1.54, 1.807) is 17.1 Å². The molecule has 5 heteroatoms. The van der Waals surface area contributed by atoms with Crippen LogP contribution in [0, 0.1) is 6.92 Å². The summed E-state index contributed by atoms with van der Waals surface area (Å²) >= 11 is 0. The molecular weight excluding hydrogens is 204 g/mol. The monoisotopic (exact) mass is 218 g/mol. The number of hydrogen-bond donors (Lipinski definition) is 1. The van der Waals surface area contributed by atoms with Gasteiger partial charge >= 0.3 is 0 Å². The van der Waals surface area contributed by atoms with Gasteiger partial charge in [-0.3, -0.25) is 4.98 Å². The lowest BCUT2D eigenvalue weighted by Crippen LogP contribution is -1.98. The third-order valence-electron chi connectivity index (χ3n) is 2.36. The van der Waals surface area contributed by atoms with E-state index in [1.165, 1.54) is 0 Å². The molecule has 5 nitrogen and oxygen atoms in total. The molecule has 2 rings (SSSR count). The summed E-state index contributed by atoms with van der Waals surface area (Å²) in [6, 6.07) is 3.61. The van der Waals surface area contributed by atoms with Crippen LogP contribution in [0.3, 0.4) is 0 Å². The summed E-state index contributed by atoms with van der Waals surface area (Å²) in [7, 11) is 0. The zero-order valence-corrected chi connectivity index (χ0v) is 9.38. The average Bonchev–Trinajstić information content (AvgIpc) is 2.71. The van der Waals surface area contributed by atoms with Crippen LogP contribution in [0.25, 0.3) is 11.4 Å². The first kappa shape index (κ1) is 10.8. The summed E-state index contributed by atoms with van der Waals surface area (Å²) in [5.41, 5.74) is 3.21. The van der Waals surface area contributed by atoms with Crippen LogP contribution in [0.2, 0.25) is 0 Å². The highest BCUT2D eigenvalue weighted by Crippen LogP contribution is 2.18. The van der Waals surface area contributed by atoms with Gasteiger partial charge in [0.25, 0.3) is 0 Å². The summed E-state index contributed by atoms with van der Waals surface area (Å²) in [6.45, 7) is 4.64. The topological polar surface area (TPSA) is 63.8 Å². The lowest BCUT2D eigenvalue weighted by molar-refractivity contribution is 0.282. The lowest BCUT2D eigenvalue weighted by atomic mass is 10.2. The maximum Gasteiger partial charge on any atom is 0.134 e. The number of rotatable bonds is 3. The zero-order chi connectivity index (χ0) is 11.5. The smallest absolute Gasteiger partial charge is 0.134 e. The van der Waals surface area contributed by atoms with Crippen LogP contribution in [0.15, 0.2) is 18.3 Å². The molecule has 0 aliphatic carbocycles. The number of aliphatic hydroxyl groups excluding tert-OH is 1. The Morgan fingerprint density at radius 1 is 1.38 bits per heavy atom. The van der Waals surface area contributed by atoms with Crippen LogP contribution < -0.4 is 0 Å². The molecule has 0 spiro atoms. The molecule has 84 valence electrons. The van der Waals surface area contributed by atoms with Crippen LogP contribution in [0.5, 0.6) is 0 Å². The maximum absolute atomic E-state index is 9.06. The van der Waals surface area contributed by atoms with E-state index in [0.29, 0.717) is 0 Å². The van der Waals surface area contributed by atoms with E-state index in [1.807, 2.05) is 19.9 Å². The molecule has 0 aliphatic rings. The highest BCUT2D eigenvalue weighted by Gasteiger charge is 2.10. The lowest BCUT2D eigenvalue weighted by Gasteiger charge is -1.99. The van der Waals surface area contributed by atoms with Crippen molar-refractivity contribution in [2.45, 2.75) is 27.0 Å². The second kappa shape index (κ2) is 4.40. The van der Waals surface area contributed by atoms with Crippen molar-refractivity contribution in [2.75, 3.05) is 0 Å². The molecule has 0 radical (unpaired) electrons. The molecule has 0 bridgehead atoms. The van der Waals surface area contributed by atoms with Gasteiger partial charge in [-0.15, -0.1) is 0 Å². The van der Waals surface area contributed by atoms with Gasteiger partial charge in [0.15, 0.2) is 0 Å². The Bertz CT molecular complexity index is 492. The molecule has 16 heavy (non-hydrogen) atoms. The van der Waals surface area contributed by atoms with Crippen molar-refractivity contribution in [2.24, 2.45) is 0 Å². The summed E-state index contributed by atoms with van der Waals surface area (Å²) in [6.07, 6.45) is 1.67. The fraction of sp³-hybridized carbons (Fsp3) is 0.364. The fourth-order valence-electron chi connectivity index (χ4n) is 1.51. The molecule has 2 aromatic rings. The first-order valence-corrected chi connectivity index (χ1v) is 5.22. The van der Waals surface area contributed by atoms with Crippen molar-refractivity contribution in [3.8, 4) is 11.4 Å². The fourth-order valence-corrected chi connectivity index (χ4v) is 1.51. The number of nitrogens with zero attached hydrogens (tertiary/aromatic N) is 4. The van der Waals surface area contributed by atoms with Crippen molar-refractivity contribution >= 4 is 0 Å². The summed E-state index contributed by atoms with van der Waals surface area (Å²) in [5, 5.41) is 17.7. The van der Waals surface area contributed by atoms with E-state index in [2.05, 4.69) is 15.2 Å². The molecule has 0 saturated carbocycles. The molecular formula is C11H14N4O. The molecule has 2 aromatic heterocycles. The van der Waals surface area contributed by atoms with Crippen molar-refractivity contribution in [3.05, 3.63) is 29.6 Å². The van der Waals surface area contributed by atoms with E-state index < -0.39 is 0 Å². The highest BCUT2D eigenvalue weighted by molar-refractivity contribution is 5.56. The Morgan fingerprint density at radius 2 is 2.19 bits per heavy atom. The number of pyridine rings is 1. The van der Waals surface area contributed by atoms with Crippen molar-refractivity contribution < 1.29 is 5.11 Å². The molecule has 0 aliphatic heterocycles. The molecule has 0 atom stereocenters. The molecule has 0 saturated heterocycles. The SMILES string of the molecule is CCn1nc(C)c(-c2cc(CO)ccn2)n1. The Balaban J connectivity index is 2.45. The van der Waals surface area contributed by atoms with Gasteiger partial charge < -0.3 is 5.11 Å². The van der Waals surface area contributed by atoms with Gasteiger partial charge in [0.2, 0.25) is 0 Å². The minimum Gasteiger partial charge on any atom is -0.392 e. The standard InChI is InChI=1S/C11H14N4O/c1-3-15-13-8(2)11(14-15)10-6-9(7-16)4-5-12-10/h4-6,16H,3,7H2,1-2H3. The van der Waals surface area contributed by atoms with Crippen molar-refractivity contribution in [1.29, 1.82) is 0 Å². The third-order valence-corrected chi connectivity index (χ3v) is 2.36. The van der Waals surface area contributed by atoms with Crippen LogP contribution >= 0.6 is 0 Å². The van der Waals surface area contributed by atoms with E-state index >= 15 is 0 Å². The number of aromatic nitrogens is 4. The molecule has 0 amide bonds. The number of aliphatic hydroxyl groups is 1. The molecule has 2 heterocycles. The molecule has 1 N–H and O–H groups in total. The Hall–Kier alpha value is -1.75. The molecule has 0 unspecified atom stereocenters. The van der Waals surface area contributed by atoms with Gasteiger partial charge in [-0.1, -0.05) is 0 Å². The summed E-state index contributed by atoms with van der Waals surface area (Å²) in [5.74, 6) is 0. The van der Waals surface area contributed by atoms with E-state index in [4.69, 9.17) is 5.11 Å². The first-order valence-electron chi connectivity index (χ1n) is 5.22. The normalized spacial score (nSPS) is 10.7. The van der Waals surface area contributed by atoms with Gasteiger partial charge in [-0.2, -0.15) is 15.0 Å². The quantitative estimate of drug-likeness (QED) is 0.839. The second-order valence-corrected chi connectivity index (χ2v) is 3.53. The van der Waals surface area contributed by atoms with Crippen LogP contribution in [0.4, 0.5) is 0 Å². The minimum atomic E-state index is 0.0104. The highest BCUT2D eigenvalue weighted by atomic mass is 16.3. The van der Waals surface area contributed by atoms with Gasteiger partial charge in [0, 0.05) is 6.20 Å². The van der Waals surface area contributed by atoms with Crippen LogP contribution in [-0.4, -0.2) is 25.1 Å². The first-order chi connectivity index (χ1) is 7.74. The minimum absolute atomic E-state index is 0.0104. The Morgan fingerprint density at radius 3 is 2.81 bits per heavy atom. The Kier molecular flexibility index (Phi) is 2.96. The summed E-state index contributed by atoms with van der Waals surface area (Å²) < 4.78 is 0. The number of aryl methyl sites for hydroxylation is 2. The second-order valence-electron chi connectivity index (χ2n) is 3.53. The zero-order valence-electron chi connectivity index (χ0n) is 9.38. The van der Waals surface area contributed by atoms with E-state index in [9.17, 15) is 0 Å². The molecule has 0 aromatic carbocycles. The van der Waals surface area contributed by atoms with Crippen molar-refractivity contribution in [1.82, 2.24) is 20.0 Å². The number of hydrogen-bond acceptors (Lipinski definition) is 4. The van der Waals surface area contributed by atoms with Gasteiger partial charge in [-0.05, 0) is 31.5 Å². The van der Waals surface area contributed by atoms with Gasteiger partial charge in [0.05, 0.1) is 24.5 Å². The molecule has 0 fully saturated rings. The van der Waals surface area contributed by atoms with Gasteiger partial charge in [-0.25, -0.2) is 0 Å². The predicted molar refractivity (Wildman–Crippen MR) is 59.6 cm³/mol. The van der Waals surface area contributed by atoms with Gasteiger partial charge in [0.1, 0.15) is 5.69 Å².